The van der Waals surface area contributed by atoms with Crippen LogP contribution < -0.4 is 5.32 Å². The van der Waals surface area contributed by atoms with E-state index in [1.54, 1.807) is 0 Å². The van der Waals surface area contributed by atoms with Crippen molar-refractivity contribution in [2.24, 2.45) is 5.92 Å². The Morgan fingerprint density at radius 3 is 2.75 bits per heavy atom. The summed E-state index contributed by atoms with van der Waals surface area (Å²) in [4.78, 5) is 0. The molecule has 3 atom stereocenters. The van der Waals surface area contributed by atoms with E-state index >= 15 is 0 Å². The van der Waals surface area contributed by atoms with Crippen LogP contribution in [0, 0.1) is 5.92 Å². The average Bonchev–Trinajstić information content (AvgIpc) is 3.16. The SMILES string of the molecule is OC(c1cccc2c1NCC2)C1CC1c1ccccc1. The first-order valence-corrected chi connectivity index (χ1v) is 7.43. The van der Waals surface area contributed by atoms with Gasteiger partial charge in [0.15, 0.2) is 0 Å². The molecule has 2 heteroatoms. The van der Waals surface area contributed by atoms with Crippen molar-refractivity contribution in [3.63, 3.8) is 0 Å². The number of anilines is 1. The summed E-state index contributed by atoms with van der Waals surface area (Å²) in [5, 5.41) is 14.1. The fourth-order valence-electron chi connectivity index (χ4n) is 3.49. The number of fused-ring (bicyclic) bond motifs is 1. The van der Waals surface area contributed by atoms with Crippen LogP contribution in [0.2, 0.25) is 0 Å². The van der Waals surface area contributed by atoms with Crippen molar-refractivity contribution >= 4 is 5.69 Å². The highest BCUT2D eigenvalue weighted by Gasteiger charge is 2.44. The Hall–Kier alpha value is -1.80. The van der Waals surface area contributed by atoms with Crippen LogP contribution in [-0.2, 0) is 6.42 Å². The lowest BCUT2D eigenvalue weighted by atomic mass is 9.98. The normalized spacial score (nSPS) is 24.9. The first kappa shape index (κ1) is 12.0. The third-order valence-corrected chi connectivity index (χ3v) is 4.67. The third kappa shape index (κ3) is 1.92. The fraction of sp³-hybridized carbons (Fsp3) is 0.333. The molecule has 1 heterocycles. The zero-order chi connectivity index (χ0) is 13.5. The second kappa shape index (κ2) is 4.64. The molecule has 1 fully saturated rings. The maximum Gasteiger partial charge on any atom is 0.0844 e. The predicted octanol–water partition coefficient (Wildman–Crippen LogP) is 3.49. The first-order chi connectivity index (χ1) is 9.84. The molecule has 0 bridgehead atoms. The maximum atomic E-state index is 10.7. The summed E-state index contributed by atoms with van der Waals surface area (Å²) < 4.78 is 0. The molecule has 2 aliphatic rings. The molecule has 2 aromatic rings. The van der Waals surface area contributed by atoms with Crippen molar-refractivity contribution in [3.8, 4) is 0 Å². The molecule has 2 N–H and O–H groups in total. The van der Waals surface area contributed by atoms with Gasteiger partial charge in [-0.15, -0.1) is 0 Å². The van der Waals surface area contributed by atoms with Gasteiger partial charge in [0.05, 0.1) is 6.10 Å². The van der Waals surface area contributed by atoms with Gasteiger partial charge < -0.3 is 10.4 Å². The van der Waals surface area contributed by atoms with Crippen LogP contribution in [0.15, 0.2) is 48.5 Å². The third-order valence-electron chi connectivity index (χ3n) is 4.67. The van der Waals surface area contributed by atoms with E-state index in [-0.39, 0.29) is 6.10 Å². The summed E-state index contributed by atoms with van der Waals surface area (Å²) in [6.07, 6.45) is 1.82. The van der Waals surface area contributed by atoms with Gasteiger partial charge in [0.2, 0.25) is 0 Å². The summed E-state index contributed by atoms with van der Waals surface area (Å²) in [5.41, 5.74) is 4.97. The van der Waals surface area contributed by atoms with Gasteiger partial charge in [-0.05, 0) is 35.8 Å². The van der Waals surface area contributed by atoms with E-state index in [0.717, 1.165) is 24.9 Å². The molecule has 4 rings (SSSR count). The van der Waals surface area contributed by atoms with E-state index in [1.807, 2.05) is 6.07 Å². The molecule has 1 aliphatic heterocycles. The Morgan fingerprint density at radius 1 is 1.05 bits per heavy atom. The van der Waals surface area contributed by atoms with Crippen molar-refractivity contribution in [1.82, 2.24) is 0 Å². The topological polar surface area (TPSA) is 32.3 Å². The Bertz CT molecular complexity index is 623. The number of nitrogens with one attached hydrogen (secondary N) is 1. The van der Waals surface area contributed by atoms with E-state index in [1.165, 1.54) is 16.8 Å². The lowest BCUT2D eigenvalue weighted by Crippen LogP contribution is -2.05. The fourth-order valence-corrected chi connectivity index (χ4v) is 3.49. The maximum absolute atomic E-state index is 10.7. The largest absolute Gasteiger partial charge is 0.388 e. The first-order valence-electron chi connectivity index (χ1n) is 7.43. The second-order valence-corrected chi connectivity index (χ2v) is 5.92. The molecule has 0 aromatic heterocycles. The minimum absolute atomic E-state index is 0.347. The summed E-state index contributed by atoms with van der Waals surface area (Å²) in [6.45, 7) is 0.992. The molecule has 0 spiro atoms. The number of rotatable bonds is 3. The quantitative estimate of drug-likeness (QED) is 0.890. The molecule has 102 valence electrons. The van der Waals surface area contributed by atoms with E-state index < -0.39 is 0 Å². The van der Waals surface area contributed by atoms with Crippen LogP contribution in [0.1, 0.15) is 35.1 Å². The van der Waals surface area contributed by atoms with Gasteiger partial charge >= 0.3 is 0 Å². The lowest BCUT2D eigenvalue weighted by Gasteiger charge is -2.15. The molecule has 1 aliphatic carbocycles. The van der Waals surface area contributed by atoms with E-state index in [0.29, 0.717) is 11.8 Å². The molecule has 0 amide bonds. The highest BCUT2D eigenvalue weighted by molar-refractivity contribution is 5.62. The summed E-state index contributed by atoms with van der Waals surface area (Å²) in [6, 6.07) is 16.9. The number of hydrogen-bond acceptors (Lipinski definition) is 2. The lowest BCUT2D eigenvalue weighted by molar-refractivity contribution is 0.152. The van der Waals surface area contributed by atoms with Crippen LogP contribution in [0.3, 0.4) is 0 Å². The van der Waals surface area contributed by atoms with Crippen LogP contribution in [0.4, 0.5) is 5.69 Å². The molecule has 2 nitrogen and oxygen atoms in total. The molecule has 2 aromatic carbocycles. The molecule has 20 heavy (non-hydrogen) atoms. The second-order valence-electron chi connectivity index (χ2n) is 5.92. The van der Waals surface area contributed by atoms with Crippen LogP contribution in [0.25, 0.3) is 0 Å². The minimum atomic E-state index is -0.347. The number of aliphatic hydroxyl groups is 1. The van der Waals surface area contributed by atoms with Crippen molar-refractivity contribution in [1.29, 1.82) is 0 Å². The van der Waals surface area contributed by atoms with Crippen molar-refractivity contribution in [3.05, 3.63) is 65.2 Å². The van der Waals surface area contributed by atoms with Gasteiger partial charge in [-0.3, -0.25) is 0 Å². The van der Waals surface area contributed by atoms with Crippen LogP contribution in [0.5, 0.6) is 0 Å². The van der Waals surface area contributed by atoms with Gasteiger partial charge in [-0.1, -0.05) is 48.5 Å². The Labute approximate surface area is 119 Å². The average molecular weight is 265 g/mol. The highest BCUT2D eigenvalue weighted by Crippen LogP contribution is 2.55. The van der Waals surface area contributed by atoms with Gasteiger partial charge in [0, 0.05) is 17.8 Å². The van der Waals surface area contributed by atoms with Crippen molar-refractivity contribution in [2.45, 2.75) is 24.9 Å². The smallest absolute Gasteiger partial charge is 0.0844 e. The van der Waals surface area contributed by atoms with Crippen LogP contribution in [-0.4, -0.2) is 11.7 Å². The van der Waals surface area contributed by atoms with Crippen molar-refractivity contribution < 1.29 is 5.11 Å². The van der Waals surface area contributed by atoms with E-state index in [2.05, 4.69) is 47.8 Å². The molecule has 3 unspecified atom stereocenters. The predicted molar refractivity (Wildman–Crippen MR) is 80.9 cm³/mol. The number of benzene rings is 2. The molecule has 0 saturated heterocycles. The monoisotopic (exact) mass is 265 g/mol. The zero-order valence-corrected chi connectivity index (χ0v) is 11.4. The molecule has 0 radical (unpaired) electrons. The van der Waals surface area contributed by atoms with Gasteiger partial charge in [-0.25, -0.2) is 0 Å². The minimum Gasteiger partial charge on any atom is -0.388 e. The van der Waals surface area contributed by atoms with E-state index in [4.69, 9.17) is 0 Å². The van der Waals surface area contributed by atoms with Crippen LogP contribution >= 0.6 is 0 Å². The van der Waals surface area contributed by atoms with Crippen molar-refractivity contribution in [2.75, 3.05) is 11.9 Å². The molecule has 1 saturated carbocycles. The number of hydrogen-bond donors (Lipinski definition) is 2. The number of para-hydroxylation sites is 1. The molecular weight excluding hydrogens is 246 g/mol. The number of aliphatic hydroxyl groups excluding tert-OH is 1. The standard InChI is InChI=1S/C18H19NO/c20-18(14-8-4-7-13-9-10-19-17(13)14)16-11-15(16)12-5-2-1-3-6-12/h1-8,15-16,18-20H,9-11H2. The van der Waals surface area contributed by atoms with Gasteiger partial charge in [0.1, 0.15) is 0 Å². The molecular formula is C18H19NO. The zero-order valence-electron chi connectivity index (χ0n) is 11.4. The van der Waals surface area contributed by atoms with Gasteiger partial charge in [-0.2, -0.15) is 0 Å². The van der Waals surface area contributed by atoms with Gasteiger partial charge in [0.25, 0.3) is 0 Å². The Balaban J connectivity index is 1.58. The Kier molecular flexibility index (Phi) is 2.78. The highest BCUT2D eigenvalue weighted by atomic mass is 16.3. The van der Waals surface area contributed by atoms with E-state index in [9.17, 15) is 5.11 Å². The summed E-state index contributed by atoms with van der Waals surface area (Å²) in [7, 11) is 0. The Morgan fingerprint density at radius 2 is 1.90 bits per heavy atom. The summed E-state index contributed by atoms with van der Waals surface area (Å²) in [5.74, 6) is 0.884. The summed E-state index contributed by atoms with van der Waals surface area (Å²) >= 11 is 0.